The molecule has 0 bridgehead atoms. The van der Waals surface area contributed by atoms with Crippen molar-refractivity contribution in [3.05, 3.63) is 122 Å². The molecule has 0 heterocycles. The van der Waals surface area contributed by atoms with Gasteiger partial charge < -0.3 is 33.8 Å². The quantitative estimate of drug-likeness (QED) is 0.0169. The number of phosphoric ester groups is 2. The lowest BCUT2D eigenvalue weighted by Crippen LogP contribution is -2.30. The SMILES string of the molecule is CC/C=C\C/C=C\C/C=C\C/C=C\C/C=C\CCCCCC(=O)OCC(COP(=O)(O)OCC(O)COP(=O)(O)OCC(COC(=O)CCC/C=C\C/C=C\C/C=C\C/C=C\C/C=C\CC)OC(=O)CCCCCCCCCCCCCCCCC)OC(=O)CCCCCCCCCCCCCCCCC. The van der Waals surface area contributed by atoms with Crippen LogP contribution in [0, 0.1) is 0 Å². The minimum atomic E-state index is -4.99. The van der Waals surface area contributed by atoms with E-state index in [-0.39, 0.29) is 25.7 Å². The van der Waals surface area contributed by atoms with Gasteiger partial charge in [0, 0.05) is 25.7 Å². The lowest BCUT2D eigenvalue weighted by Gasteiger charge is -2.21. The number of aliphatic hydroxyl groups excluding tert-OH is 1. The first-order valence-electron chi connectivity index (χ1n) is 41.8. The highest BCUT2D eigenvalue weighted by molar-refractivity contribution is 7.47. The van der Waals surface area contributed by atoms with Crippen LogP contribution in [-0.2, 0) is 65.4 Å². The lowest BCUT2D eigenvalue weighted by molar-refractivity contribution is -0.161. The zero-order chi connectivity index (χ0) is 77.4. The van der Waals surface area contributed by atoms with Gasteiger partial charge in [-0.15, -0.1) is 0 Å². The van der Waals surface area contributed by atoms with Crippen LogP contribution in [0.2, 0.25) is 0 Å². The Labute approximate surface area is 644 Å². The molecule has 0 rings (SSSR count). The third kappa shape index (κ3) is 77.6. The van der Waals surface area contributed by atoms with Crippen LogP contribution in [0.5, 0.6) is 0 Å². The van der Waals surface area contributed by atoms with E-state index in [0.29, 0.717) is 32.1 Å². The van der Waals surface area contributed by atoms with Gasteiger partial charge in [0.15, 0.2) is 12.2 Å². The third-order valence-corrected chi connectivity index (χ3v) is 19.4. The van der Waals surface area contributed by atoms with Gasteiger partial charge >= 0.3 is 39.5 Å². The van der Waals surface area contributed by atoms with Crippen LogP contribution in [0.3, 0.4) is 0 Å². The van der Waals surface area contributed by atoms with Gasteiger partial charge in [0.2, 0.25) is 0 Å². The molecular weight excluding hydrogens is 1380 g/mol. The molecule has 0 aromatic rings. The first kappa shape index (κ1) is 101. The largest absolute Gasteiger partial charge is 0.472 e. The van der Waals surface area contributed by atoms with Gasteiger partial charge in [0.05, 0.1) is 26.4 Å². The van der Waals surface area contributed by atoms with E-state index >= 15 is 0 Å². The van der Waals surface area contributed by atoms with Crippen molar-refractivity contribution in [2.75, 3.05) is 39.6 Å². The Kier molecular flexibility index (Phi) is 75.2. The number of allylic oxidation sites excluding steroid dienone is 20. The van der Waals surface area contributed by atoms with Crippen molar-refractivity contribution in [1.82, 2.24) is 0 Å². The van der Waals surface area contributed by atoms with E-state index in [1.54, 1.807) is 0 Å². The van der Waals surface area contributed by atoms with Crippen molar-refractivity contribution >= 4 is 39.5 Å². The van der Waals surface area contributed by atoms with Crippen LogP contribution in [0.15, 0.2) is 122 Å². The predicted octanol–water partition coefficient (Wildman–Crippen LogP) is 24.7. The topological polar surface area (TPSA) is 237 Å². The molecule has 5 unspecified atom stereocenters. The Morgan fingerprint density at radius 2 is 0.500 bits per heavy atom. The zero-order valence-electron chi connectivity index (χ0n) is 66.8. The Bertz CT molecular complexity index is 2480. The second-order valence-electron chi connectivity index (χ2n) is 27.7. The summed E-state index contributed by atoms with van der Waals surface area (Å²) in [5, 5.41) is 10.7. The third-order valence-electron chi connectivity index (χ3n) is 17.5. The number of carbonyl (C=O) groups excluding carboxylic acids is 4. The highest BCUT2D eigenvalue weighted by Crippen LogP contribution is 2.45. The van der Waals surface area contributed by atoms with E-state index < -0.39 is 97.5 Å². The number of hydrogen-bond acceptors (Lipinski definition) is 15. The van der Waals surface area contributed by atoms with Crippen molar-refractivity contribution < 1.29 is 80.2 Å². The Balaban J connectivity index is 5.42. The number of ether oxygens (including phenoxy) is 4. The summed E-state index contributed by atoms with van der Waals surface area (Å²) in [6.45, 7) is 4.61. The van der Waals surface area contributed by atoms with Crippen molar-refractivity contribution in [3.63, 3.8) is 0 Å². The Morgan fingerprint density at radius 1 is 0.274 bits per heavy atom. The molecule has 19 heteroatoms. The van der Waals surface area contributed by atoms with Gasteiger partial charge in [-0.1, -0.05) is 335 Å². The highest BCUT2D eigenvalue weighted by Gasteiger charge is 2.30. The van der Waals surface area contributed by atoms with Gasteiger partial charge in [-0.3, -0.25) is 37.3 Å². The Hall–Kier alpha value is -4.54. The maximum atomic E-state index is 13.1. The molecule has 0 amide bonds. The summed E-state index contributed by atoms with van der Waals surface area (Å²) in [5.74, 6) is -2.26. The van der Waals surface area contributed by atoms with Gasteiger partial charge in [-0.2, -0.15) is 0 Å². The average Bonchev–Trinajstić information content (AvgIpc) is 0.909. The van der Waals surface area contributed by atoms with Crippen molar-refractivity contribution in [2.45, 2.75) is 367 Å². The van der Waals surface area contributed by atoms with Crippen molar-refractivity contribution in [1.29, 1.82) is 0 Å². The average molecular weight is 1530 g/mol. The number of phosphoric acid groups is 2. The molecule has 3 N–H and O–H groups in total. The number of aliphatic hydroxyl groups is 1. The Morgan fingerprint density at radius 3 is 0.792 bits per heavy atom. The molecule has 0 fully saturated rings. The number of hydrogen-bond donors (Lipinski definition) is 3. The maximum absolute atomic E-state index is 13.1. The second kappa shape index (κ2) is 78.6. The molecule has 0 saturated heterocycles. The summed E-state index contributed by atoms with van der Waals surface area (Å²) in [6, 6.07) is 0. The van der Waals surface area contributed by atoms with Crippen LogP contribution < -0.4 is 0 Å². The first-order chi connectivity index (χ1) is 51.7. The van der Waals surface area contributed by atoms with Gasteiger partial charge in [0.25, 0.3) is 0 Å². The van der Waals surface area contributed by atoms with Gasteiger partial charge in [-0.05, 0) is 109 Å². The zero-order valence-corrected chi connectivity index (χ0v) is 68.6. The fourth-order valence-electron chi connectivity index (χ4n) is 11.2. The predicted molar refractivity (Wildman–Crippen MR) is 436 cm³/mol. The highest BCUT2D eigenvalue weighted by atomic mass is 31.2. The van der Waals surface area contributed by atoms with E-state index in [0.717, 1.165) is 135 Å². The van der Waals surface area contributed by atoms with Crippen LogP contribution in [-0.4, -0.2) is 96.7 Å². The van der Waals surface area contributed by atoms with Gasteiger partial charge in [0.1, 0.15) is 19.3 Å². The molecule has 610 valence electrons. The molecule has 0 aliphatic rings. The molecule has 0 aliphatic carbocycles. The standard InChI is InChI=1S/C87H150O17P2/c1-5-9-13-17-21-25-29-33-37-39-40-42-46-48-52-56-60-64-68-72-85(90)98-78-83(104-87(92)74-70-66-62-58-54-50-44-36-32-28-24-20-16-12-8-4)80-102-106(95,96)100-76-81(88)75-99-105(93,94)101-79-82(103-86(91)73-69-65-61-57-53-49-43-35-31-27-23-19-15-11-7-3)77-97-84(89)71-67-63-59-55-51-47-45-41-38-34-30-26-22-18-14-10-6-2/h9-10,13-14,21-22,25-26,33-34,37-38,40,42,45,47-48,52,55,59,81-83,88H,5-8,11-12,15-20,23-24,27-32,35-36,39,41,43-44,46,49-51,53-54,56-58,60-80H2,1-4H3,(H,93,94)(H,95,96)/b13-9-,14-10-,25-21-,26-22-,37-33-,38-34-,42-40-,47-45-,52-48-,59-55-. The number of carbonyl (C=O) groups is 4. The van der Waals surface area contributed by atoms with Crippen LogP contribution >= 0.6 is 15.6 Å². The molecule has 0 spiro atoms. The second-order valence-corrected chi connectivity index (χ2v) is 30.6. The van der Waals surface area contributed by atoms with E-state index in [1.807, 2.05) is 12.2 Å². The summed E-state index contributed by atoms with van der Waals surface area (Å²) in [7, 11) is -9.98. The first-order valence-corrected chi connectivity index (χ1v) is 44.8. The molecule has 0 saturated carbocycles. The molecule has 0 radical (unpaired) electrons. The van der Waals surface area contributed by atoms with E-state index in [9.17, 15) is 43.2 Å². The molecular formula is C87H150O17P2. The molecule has 0 aromatic carbocycles. The summed E-state index contributed by atoms with van der Waals surface area (Å²) in [5.41, 5.74) is 0. The van der Waals surface area contributed by atoms with Crippen LogP contribution in [0.4, 0.5) is 0 Å². The van der Waals surface area contributed by atoms with Crippen molar-refractivity contribution in [2.24, 2.45) is 0 Å². The number of rotatable bonds is 78. The monoisotopic (exact) mass is 1530 g/mol. The van der Waals surface area contributed by atoms with E-state index in [2.05, 4.69) is 137 Å². The molecule has 5 atom stereocenters. The number of esters is 4. The van der Waals surface area contributed by atoms with Crippen LogP contribution in [0.1, 0.15) is 349 Å². The molecule has 0 aliphatic heterocycles. The number of unbranched alkanes of at least 4 members (excludes halogenated alkanes) is 32. The fraction of sp³-hybridized carbons (Fsp3) is 0.724. The lowest BCUT2D eigenvalue weighted by atomic mass is 10.0. The maximum Gasteiger partial charge on any atom is 0.472 e. The van der Waals surface area contributed by atoms with Crippen molar-refractivity contribution in [3.8, 4) is 0 Å². The van der Waals surface area contributed by atoms with Crippen LogP contribution in [0.25, 0.3) is 0 Å². The minimum absolute atomic E-state index is 0.0834. The summed E-state index contributed by atoms with van der Waals surface area (Å²) in [6.07, 6.45) is 87.4. The van der Waals surface area contributed by atoms with Gasteiger partial charge in [-0.25, -0.2) is 9.13 Å². The fourth-order valence-corrected chi connectivity index (χ4v) is 12.7. The normalized spacial score (nSPS) is 14.4. The minimum Gasteiger partial charge on any atom is -0.462 e. The summed E-state index contributed by atoms with van der Waals surface area (Å²) < 4.78 is 68.7. The molecule has 106 heavy (non-hydrogen) atoms. The molecule has 17 nitrogen and oxygen atoms in total. The van der Waals surface area contributed by atoms with E-state index in [1.165, 1.54) is 128 Å². The molecule has 0 aromatic heterocycles. The van der Waals surface area contributed by atoms with E-state index in [4.69, 9.17) is 37.0 Å². The summed E-state index contributed by atoms with van der Waals surface area (Å²) in [4.78, 5) is 73.1. The summed E-state index contributed by atoms with van der Waals surface area (Å²) >= 11 is 0. The smallest absolute Gasteiger partial charge is 0.462 e.